The Labute approximate surface area is 106 Å². The molecule has 0 unspecified atom stereocenters. The molecule has 0 radical (unpaired) electrons. The maximum absolute atomic E-state index is 12.8. The quantitative estimate of drug-likeness (QED) is 0.864. The third-order valence-electron chi connectivity index (χ3n) is 3.49. The van der Waals surface area contributed by atoms with Crippen molar-refractivity contribution in [2.45, 2.75) is 24.6 Å². The molecule has 100 valence electrons. The number of nitrogens with one attached hydrogen (secondary N) is 2. The average Bonchev–Trinajstić information content (AvgIpc) is 2.98. The van der Waals surface area contributed by atoms with Crippen molar-refractivity contribution in [3.8, 4) is 0 Å². The summed E-state index contributed by atoms with van der Waals surface area (Å²) in [6.45, 7) is 0. The summed E-state index contributed by atoms with van der Waals surface area (Å²) in [5.74, 6) is -0.681. The van der Waals surface area contributed by atoms with E-state index in [1.54, 1.807) is 24.4 Å². The lowest BCUT2D eigenvalue weighted by Crippen LogP contribution is -2.47. The molecule has 1 aromatic carbocycles. The Morgan fingerprint density at radius 2 is 2.00 bits per heavy atom. The van der Waals surface area contributed by atoms with Crippen molar-refractivity contribution < 1.29 is 18.0 Å². The zero-order chi connectivity index (χ0) is 13.7. The number of rotatable bonds is 2. The minimum absolute atomic E-state index is 0.0502. The largest absolute Gasteiger partial charge is 0.411 e. The van der Waals surface area contributed by atoms with Crippen LogP contribution in [0.25, 0.3) is 10.9 Å². The van der Waals surface area contributed by atoms with Crippen LogP contribution in [0.1, 0.15) is 23.2 Å². The molecule has 1 aromatic heterocycles. The SMILES string of the molecule is O=C(NC1(C(F)(F)F)CC1)c1cccc2[nH]ccc12. The Hall–Kier alpha value is -1.98. The van der Waals surface area contributed by atoms with Gasteiger partial charge in [0.25, 0.3) is 5.91 Å². The zero-order valence-electron chi connectivity index (χ0n) is 9.84. The van der Waals surface area contributed by atoms with Crippen LogP contribution >= 0.6 is 0 Å². The highest BCUT2D eigenvalue weighted by molar-refractivity contribution is 6.06. The normalized spacial score (nSPS) is 17.4. The van der Waals surface area contributed by atoms with Crippen molar-refractivity contribution in [1.82, 2.24) is 10.3 Å². The second kappa shape index (κ2) is 3.76. The van der Waals surface area contributed by atoms with Gasteiger partial charge in [0.15, 0.2) is 0 Å². The van der Waals surface area contributed by atoms with Crippen molar-refractivity contribution >= 4 is 16.8 Å². The van der Waals surface area contributed by atoms with E-state index in [1.165, 1.54) is 6.07 Å². The van der Waals surface area contributed by atoms with E-state index in [4.69, 9.17) is 0 Å². The fourth-order valence-corrected chi connectivity index (χ4v) is 2.17. The molecule has 0 spiro atoms. The molecule has 1 aliphatic rings. The van der Waals surface area contributed by atoms with Gasteiger partial charge in [-0.3, -0.25) is 4.79 Å². The summed E-state index contributed by atoms with van der Waals surface area (Å²) in [5, 5.41) is 2.75. The molecule has 1 fully saturated rings. The first-order valence-corrected chi connectivity index (χ1v) is 5.88. The average molecular weight is 268 g/mol. The van der Waals surface area contributed by atoms with Gasteiger partial charge in [0.1, 0.15) is 5.54 Å². The van der Waals surface area contributed by atoms with Crippen LogP contribution in [-0.2, 0) is 0 Å². The molecule has 6 heteroatoms. The standard InChI is InChI=1S/C13H11F3N2O/c14-13(15,16)12(5-6-12)18-11(19)9-2-1-3-10-8(9)4-7-17-10/h1-4,7,17H,5-6H2,(H,18,19). The molecule has 1 aliphatic carbocycles. The first-order chi connectivity index (χ1) is 8.93. The van der Waals surface area contributed by atoms with E-state index in [-0.39, 0.29) is 18.4 Å². The molecular formula is C13H11F3N2O. The van der Waals surface area contributed by atoms with Crippen molar-refractivity contribution in [3.63, 3.8) is 0 Å². The smallest absolute Gasteiger partial charge is 0.361 e. The van der Waals surface area contributed by atoms with Crippen LogP contribution in [0.2, 0.25) is 0 Å². The van der Waals surface area contributed by atoms with Crippen LogP contribution in [0.4, 0.5) is 13.2 Å². The van der Waals surface area contributed by atoms with Crippen LogP contribution in [-0.4, -0.2) is 22.6 Å². The van der Waals surface area contributed by atoms with Crippen molar-refractivity contribution in [2.24, 2.45) is 0 Å². The molecule has 0 bridgehead atoms. The lowest BCUT2D eigenvalue weighted by molar-refractivity contribution is -0.163. The van der Waals surface area contributed by atoms with E-state index in [9.17, 15) is 18.0 Å². The van der Waals surface area contributed by atoms with Crippen LogP contribution < -0.4 is 5.32 Å². The zero-order valence-corrected chi connectivity index (χ0v) is 9.84. The number of amides is 1. The van der Waals surface area contributed by atoms with Gasteiger partial charge < -0.3 is 10.3 Å². The number of halogens is 3. The summed E-state index contributed by atoms with van der Waals surface area (Å²) in [7, 11) is 0. The van der Waals surface area contributed by atoms with Gasteiger partial charge in [-0.05, 0) is 31.0 Å². The fraction of sp³-hybridized carbons (Fsp3) is 0.308. The molecule has 3 rings (SSSR count). The van der Waals surface area contributed by atoms with Gasteiger partial charge >= 0.3 is 6.18 Å². The second-order valence-corrected chi connectivity index (χ2v) is 4.78. The first-order valence-electron chi connectivity index (χ1n) is 5.88. The van der Waals surface area contributed by atoms with Crippen LogP contribution in [0, 0.1) is 0 Å². The number of aromatic nitrogens is 1. The third kappa shape index (κ3) is 1.87. The summed E-state index contributed by atoms with van der Waals surface area (Å²) < 4.78 is 38.4. The molecule has 0 atom stereocenters. The van der Waals surface area contributed by atoms with Crippen LogP contribution in [0.5, 0.6) is 0 Å². The van der Waals surface area contributed by atoms with E-state index in [1.807, 2.05) is 0 Å². The molecule has 1 amide bonds. The lowest BCUT2D eigenvalue weighted by Gasteiger charge is -2.20. The van der Waals surface area contributed by atoms with Crippen molar-refractivity contribution in [3.05, 3.63) is 36.0 Å². The number of benzene rings is 1. The van der Waals surface area contributed by atoms with Crippen LogP contribution in [0.3, 0.4) is 0 Å². The number of carbonyl (C=O) groups excluding carboxylic acids is 1. The molecular weight excluding hydrogens is 257 g/mol. The Kier molecular flexibility index (Phi) is 2.39. The van der Waals surface area contributed by atoms with Gasteiger partial charge in [0.2, 0.25) is 0 Å². The molecule has 1 saturated carbocycles. The van der Waals surface area contributed by atoms with Gasteiger partial charge in [-0.15, -0.1) is 0 Å². The number of hydrogen-bond donors (Lipinski definition) is 2. The van der Waals surface area contributed by atoms with E-state index in [0.29, 0.717) is 5.39 Å². The summed E-state index contributed by atoms with van der Waals surface area (Å²) in [6.07, 6.45) is -2.84. The van der Waals surface area contributed by atoms with Crippen molar-refractivity contribution in [1.29, 1.82) is 0 Å². The summed E-state index contributed by atoms with van der Waals surface area (Å²) in [5.41, 5.74) is -1.04. The van der Waals surface area contributed by atoms with E-state index in [0.717, 1.165) is 5.52 Å². The van der Waals surface area contributed by atoms with Crippen LogP contribution in [0.15, 0.2) is 30.5 Å². The predicted molar refractivity (Wildman–Crippen MR) is 63.8 cm³/mol. The highest BCUT2D eigenvalue weighted by Crippen LogP contribution is 2.49. The Balaban J connectivity index is 1.91. The molecule has 3 nitrogen and oxygen atoms in total. The van der Waals surface area contributed by atoms with Gasteiger partial charge in [0.05, 0.1) is 0 Å². The van der Waals surface area contributed by atoms with Crippen molar-refractivity contribution in [2.75, 3.05) is 0 Å². The van der Waals surface area contributed by atoms with Gasteiger partial charge in [-0.1, -0.05) is 6.07 Å². The Morgan fingerprint density at radius 1 is 1.26 bits per heavy atom. The number of H-pyrrole nitrogens is 1. The molecule has 0 aliphatic heterocycles. The Morgan fingerprint density at radius 3 is 2.63 bits per heavy atom. The van der Waals surface area contributed by atoms with Gasteiger partial charge in [-0.25, -0.2) is 0 Å². The highest BCUT2D eigenvalue weighted by atomic mass is 19.4. The number of hydrogen-bond acceptors (Lipinski definition) is 1. The third-order valence-corrected chi connectivity index (χ3v) is 3.49. The summed E-state index contributed by atoms with van der Waals surface area (Å²) >= 11 is 0. The maximum atomic E-state index is 12.8. The van der Waals surface area contributed by atoms with E-state index >= 15 is 0 Å². The molecule has 2 aromatic rings. The predicted octanol–water partition coefficient (Wildman–Crippen LogP) is 2.99. The van der Waals surface area contributed by atoms with Gasteiger partial charge in [0, 0.05) is 22.7 Å². The molecule has 19 heavy (non-hydrogen) atoms. The maximum Gasteiger partial charge on any atom is 0.411 e. The first kappa shape index (κ1) is 12.1. The van der Waals surface area contributed by atoms with Gasteiger partial charge in [-0.2, -0.15) is 13.2 Å². The molecule has 0 saturated heterocycles. The van der Waals surface area contributed by atoms with E-state index < -0.39 is 17.6 Å². The number of aromatic amines is 1. The summed E-state index contributed by atoms with van der Waals surface area (Å²) in [4.78, 5) is 15.0. The molecule has 1 heterocycles. The highest BCUT2D eigenvalue weighted by Gasteiger charge is 2.64. The fourth-order valence-electron chi connectivity index (χ4n) is 2.17. The number of alkyl halides is 3. The summed E-state index contributed by atoms with van der Waals surface area (Å²) in [6, 6.07) is 6.61. The van der Waals surface area contributed by atoms with E-state index in [2.05, 4.69) is 10.3 Å². The second-order valence-electron chi connectivity index (χ2n) is 4.78. The Bertz CT molecular complexity index is 641. The lowest BCUT2D eigenvalue weighted by atomic mass is 10.1. The minimum Gasteiger partial charge on any atom is -0.361 e. The number of fused-ring (bicyclic) bond motifs is 1. The topological polar surface area (TPSA) is 44.9 Å². The minimum atomic E-state index is -4.39. The number of carbonyl (C=O) groups is 1. The monoisotopic (exact) mass is 268 g/mol. The molecule has 2 N–H and O–H groups in total.